The molecule has 3 aromatic rings. The van der Waals surface area contributed by atoms with Gasteiger partial charge in [0.2, 0.25) is 17.6 Å². The first-order valence-corrected chi connectivity index (χ1v) is 8.77. The molecule has 0 bridgehead atoms. The van der Waals surface area contributed by atoms with E-state index in [1.54, 1.807) is 26.0 Å². The molecular weight excluding hydrogens is 385 g/mol. The Balaban J connectivity index is 1.65. The van der Waals surface area contributed by atoms with Crippen molar-refractivity contribution >= 4 is 11.6 Å². The van der Waals surface area contributed by atoms with Gasteiger partial charge in [-0.25, -0.2) is 0 Å². The second-order valence-corrected chi connectivity index (χ2v) is 6.89. The highest BCUT2D eigenvalue weighted by molar-refractivity contribution is 5.97. The summed E-state index contributed by atoms with van der Waals surface area (Å²) in [6, 6.07) is 13.7. The molecule has 0 unspecified atom stereocenters. The summed E-state index contributed by atoms with van der Waals surface area (Å²) < 4.78 is 43.7. The van der Waals surface area contributed by atoms with E-state index < -0.39 is 17.3 Å². The molecule has 2 aromatic carbocycles. The monoisotopic (exact) mass is 404 g/mol. The number of nitrogens with zero attached hydrogens (tertiary/aromatic N) is 2. The normalized spacial score (nSPS) is 12.0. The van der Waals surface area contributed by atoms with Crippen molar-refractivity contribution in [3.63, 3.8) is 0 Å². The van der Waals surface area contributed by atoms with Crippen LogP contribution >= 0.6 is 0 Å². The molecule has 29 heavy (non-hydrogen) atoms. The summed E-state index contributed by atoms with van der Waals surface area (Å²) in [5.41, 5.74) is -0.896. The van der Waals surface area contributed by atoms with E-state index in [4.69, 9.17) is 4.52 Å². The number of para-hydroxylation sites is 1. The van der Waals surface area contributed by atoms with E-state index in [1.165, 1.54) is 12.1 Å². The maximum atomic E-state index is 12.9. The Morgan fingerprint density at radius 1 is 1.07 bits per heavy atom. The third kappa shape index (κ3) is 5.20. The third-order valence-corrected chi connectivity index (χ3v) is 4.20. The number of benzene rings is 2. The van der Waals surface area contributed by atoms with Gasteiger partial charge in [0.15, 0.2) is 0 Å². The van der Waals surface area contributed by atoms with Crippen molar-refractivity contribution in [1.29, 1.82) is 0 Å². The van der Waals surface area contributed by atoms with Crippen molar-refractivity contribution < 1.29 is 22.5 Å². The van der Waals surface area contributed by atoms with Crippen LogP contribution in [0.5, 0.6) is 0 Å². The molecule has 1 heterocycles. The minimum absolute atomic E-state index is 0.0412. The Hall–Kier alpha value is -3.20. The molecule has 0 aliphatic carbocycles. The zero-order valence-corrected chi connectivity index (χ0v) is 15.7. The number of carbonyl (C=O) groups is 1. The lowest BCUT2D eigenvalue weighted by atomic mass is 10.0. The number of carbonyl (C=O) groups excluding carboxylic acids is 1. The topological polar surface area (TPSA) is 80.1 Å². The highest BCUT2D eigenvalue weighted by Gasteiger charge is 2.31. The van der Waals surface area contributed by atoms with Gasteiger partial charge in [0.1, 0.15) is 0 Å². The summed E-state index contributed by atoms with van der Waals surface area (Å²) in [6.45, 7) is 3.45. The number of anilines is 1. The van der Waals surface area contributed by atoms with E-state index in [1.807, 2.05) is 18.2 Å². The number of aromatic nitrogens is 2. The van der Waals surface area contributed by atoms with Crippen LogP contribution in [0.25, 0.3) is 11.4 Å². The Kier molecular flexibility index (Phi) is 5.69. The predicted octanol–water partition coefficient (Wildman–Crippen LogP) is 4.26. The van der Waals surface area contributed by atoms with Crippen molar-refractivity contribution in [1.82, 2.24) is 15.5 Å². The summed E-state index contributed by atoms with van der Waals surface area (Å²) in [5, 5.41) is 9.53. The molecule has 0 atom stereocenters. The molecule has 1 amide bonds. The van der Waals surface area contributed by atoms with Crippen molar-refractivity contribution in [2.75, 3.05) is 5.32 Å². The number of rotatable bonds is 6. The van der Waals surface area contributed by atoms with Crippen LogP contribution in [0.3, 0.4) is 0 Å². The fourth-order valence-corrected chi connectivity index (χ4v) is 2.46. The molecule has 152 valence electrons. The Bertz CT molecular complexity index is 985. The number of hydrogen-bond acceptors (Lipinski definition) is 5. The maximum Gasteiger partial charge on any atom is 0.416 e. The van der Waals surface area contributed by atoms with Crippen LogP contribution in [-0.4, -0.2) is 21.6 Å². The van der Waals surface area contributed by atoms with Gasteiger partial charge in [-0.2, -0.15) is 18.2 Å². The first-order valence-electron chi connectivity index (χ1n) is 8.77. The number of alkyl halides is 3. The molecule has 0 radical (unpaired) electrons. The van der Waals surface area contributed by atoms with Gasteiger partial charge >= 0.3 is 6.18 Å². The van der Waals surface area contributed by atoms with Crippen LogP contribution < -0.4 is 10.6 Å². The molecule has 3 rings (SSSR count). The van der Waals surface area contributed by atoms with Gasteiger partial charge in [-0.05, 0) is 38.1 Å². The van der Waals surface area contributed by atoms with Crippen molar-refractivity contribution in [3.05, 3.63) is 66.1 Å². The zero-order chi connectivity index (χ0) is 21.1. The third-order valence-electron chi connectivity index (χ3n) is 4.20. The molecule has 0 saturated heterocycles. The fraction of sp³-hybridized carbons (Fsp3) is 0.250. The summed E-state index contributed by atoms with van der Waals surface area (Å²) in [4.78, 5) is 16.6. The molecule has 0 aliphatic rings. The lowest BCUT2D eigenvalue weighted by Crippen LogP contribution is -2.49. The number of hydrogen-bond donors (Lipinski definition) is 2. The van der Waals surface area contributed by atoms with E-state index in [2.05, 4.69) is 20.8 Å². The minimum atomic E-state index is -4.46. The van der Waals surface area contributed by atoms with E-state index in [0.29, 0.717) is 5.69 Å². The van der Waals surface area contributed by atoms with Crippen molar-refractivity contribution in [2.24, 2.45) is 0 Å². The average Bonchev–Trinajstić information content (AvgIpc) is 3.16. The van der Waals surface area contributed by atoms with E-state index >= 15 is 0 Å². The summed E-state index contributed by atoms with van der Waals surface area (Å²) in [7, 11) is 0. The largest absolute Gasteiger partial charge is 0.416 e. The summed E-state index contributed by atoms with van der Waals surface area (Å²) in [5.74, 6) is -0.0706. The fourth-order valence-electron chi connectivity index (χ4n) is 2.46. The van der Waals surface area contributed by atoms with Gasteiger partial charge in [-0.1, -0.05) is 35.5 Å². The highest BCUT2D eigenvalue weighted by atomic mass is 19.4. The molecule has 0 aliphatic heterocycles. The smallest absolute Gasteiger partial charge is 0.338 e. The standard InChI is InChI=1S/C20H19F3N4O2/c1-19(2,18(28)25-15-9-4-3-5-10-15)24-12-16-26-17(27-29-16)13-7-6-8-14(11-13)20(21,22)23/h3-11,24H,12H2,1-2H3,(H,25,28). The molecule has 0 fully saturated rings. The van der Waals surface area contributed by atoms with Gasteiger partial charge in [-0.15, -0.1) is 0 Å². The average molecular weight is 404 g/mol. The molecule has 9 heteroatoms. The number of halogens is 3. The molecule has 1 aromatic heterocycles. The van der Waals surface area contributed by atoms with Crippen LogP contribution in [0, 0.1) is 0 Å². The summed E-state index contributed by atoms with van der Waals surface area (Å²) in [6.07, 6.45) is -4.46. The second-order valence-electron chi connectivity index (χ2n) is 6.89. The van der Waals surface area contributed by atoms with Crippen molar-refractivity contribution in [3.8, 4) is 11.4 Å². The van der Waals surface area contributed by atoms with Crippen LogP contribution in [-0.2, 0) is 17.5 Å². The molecule has 2 N–H and O–H groups in total. The maximum absolute atomic E-state index is 12.9. The lowest BCUT2D eigenvalue weighted by molar-refractivity contribution is -0.137. The van der Waals surface area contributed by atoms with Crippen LogP contribution in [0.15, 0.2) is 59.1 Å². The van der Waals surface area contributed by atoms with Crippen LogP contribution in [0.4, 0.5) is 18.9 Å². The van der Waals surface area contributed by atoms with Gasteiger partial charge in [0, 0.05) is 11.3 Å². The number of amides is 1. The van der Waals surface area contributed by atoms with E-state index in [-0.39, 0.29) is 29.7 Å². The lowest BCUT2D eigenvalue weighted by Gasteiger charge is -2.24. The molecule has 0 spiro atoms. The Morgan fingerprint density at radius 3 is 2.48 bits per heavy atom. The summed E-state index contributed by atoms with van der Waals surface area (Å²) >= 11 is 0. The molecule has 0 saturated carbocycles. The van der Waals surface area contributed by atoms with Gasteiger partial charge in [0.05, 0.1) is 17.6 Å². The van der Waals surface area contributed by atoms with E-state index in [9.17, 15) is 18.0 Å². The van der Waals surface area contributed by atoms with E-state index in [0.717, 1.165) is 12.1 Å². The minimum Gasteiger partial charge on any atom is -0.338 e. The SMILES string of the molecule is CC(C)(NCc1nc(-c2cccc(C(F)(F)F)c2)no1)C(=O)Nc1ccccc1. The second kappa shape index (κ2) is 8.04. The van der Waals surface area contributed by atoms with Gasteiger partial charge in [0.25, 0.3) is 0 Å². The first-order chi connectivity index (χ1) is 13.6. The highest BCUT2D eigenvalue weighted by Crippen LogP contribution is 2.31. The molecular formula is C20H19F3N4O2. The predicted molar refractivity (Wildman–Crippen MR) is 101 cm³/mol. The van der Waals surface area contributed by atoms with Crippen molar-refractivity contribution in [2.45, 2.75) is 32.1 Å². The number of nitrogens with one attached hydrogen (secondary N) is 2. The Morgan fingerprint density at radius 2 is 1.79 bits per heavy atom. The quantitative estimate of drug-likeness (QED) is 0.642. The first kappa shape index (κ1) is 20.5. The van der Waals surface area contributed by atoms with Gasteiger partial charge in [-0.3, -0.25) is 10.1 Å². The van der Waals surface area contributed by atoms with Gasteiger partial charge < -0.3 is 9.84 Å². The van der Waals surface area contributed by atoms with Crippen LogP contribution in [0.2, 0.25) is 0 Å². The van der Waals surface area contributed by atoms with Crippen LogP contribution in [0.1, 0.15) is 25.3 Å². The Labute approximate surface area is 165 Å². The molecule has 6 nitrogen and oxygen atoms in total. The zero-order valence-electron chi connectivity index (χ0n) is 15.7.